The summed E-state index contributed by atoms with van der Waals surface area (Å²) in [6.07, 6.45) is 0. The molecule has 0 fully saturated rings. The molecular formula is C72H49Br2ClN14. The van der Waals surface area contributed by atoms with Crippen molar-refractivity contribution in [3.8, 4) is 91.1 Å². The Bertz CT molecular complexity index is 4220. The number of nitrogens with zero attached hydrogens (tertiary/aromatic N) is 13. The summed E-state index contributed by atoms with van der Waals surface area (Å²) in [7, 11) is 0. The van der Waals surface area contributed by atoms with Crippen molar-refractivity contribution < 1.29 is 0 Å². The van der Waals surface area contributed by atoms with Gasteiger partial charge in [0.2, 0.25) is 23.1 Å². The van der Waals surface area contributed by atoms with Crippen LogP contribution in [0.1, 0.15) is 0 Å². The van der Waals surface area contributed by atoms with Gasteiger partial charge in [0.05, 0.1) is 5.69 Å². The standard InChI is InChI=1S/C36H24BrN7.C21H15BrN4.C15H10ClN3/c37-29-21-23-30(24-22-29)44(35-40-31(25-13-5-1-6-14-25)38-32(41-35)26-15-7-2-8-16-26)36-42-33(27-17-9-3-10-18-27)39-34(43-36)28-19-11-4-12-20-28;22-17-11-13-18(14-12-17)23-21-25-19(15-7-3-1-4-8-15)24-20(26-21)16-9-5-2-6-10-16;16-15-18-13(11-7-3-1-4-8-11)17-14(19-15)12-9-5-2-6-10-12/h1-24H;1-14H,(H,23,24,25,26);1-10H. The van der Waals surface area contributed by atoms with Crippen LogP contribution in [0.25, 0.3) is 91.1 Å². The largest absolute Gasteiger partial charge is 0.324 e. The van der Waals surface area contributed by atoms with Crippen LogP contribution < -0.4 is 10.2 Å². The van der Waals surface area contributed by atoms with E-state index >= 15 is 0 Å². The summed E-state index contributed by atoms with van der Waals surface area (Å²) in [5, 5.41) is 3.47. The van der Waals surface area contributed by atoms with Crippen molar-refractivity contribution in [1.82, 2.24) is 59.8 Å². The van der Waals surface area contributed by atoms with Gasteiger partial charge in [-0.3, -0.25) is 0 Å². The molecule has 0 aliphatic carbocycles. The first-order chi connectivity index (χ1) is 43.8. The molecule has 0 amide bonds. The number of hydrogen-bond donors (Lipinski definition) is 1. The van der Waals surface area contributed by atoms with Crippen LogP contribution in [0.4, 0.5) is 29.2 Å². The Kier molecular flexibility index (Phi) is 18.7. The van der Waals surface area contributed by atoms with Crippen LogP contribution in [0, 0.1) is 0 Å². The van der Waals surface area contributed by atoms with Crippen LogP contribution in [-0.4, -0.2) is 59.8 Å². The van der Waals surface area contributed by atoms with Crippen molar-refractivity contribution in [3.05, 3.63) is 305 Å². The molecule has 14 rings (SSSR count). The van der Waals surface area contributed by atoms with Gasteiger partial charge >= 0.3 is 0 Å². The number of aromatic nitrogens is 12. The van der Waals surface area contributed by atoms with Crippen LogP contribution in [0.15, 0.2) is 300 Å². The molecule has 0 saturated heterocycles. The Hall–Kier alpha value is -10.9. The van der Waals surface area contributed by atoms with Gasteiger partial charge in [0, 0.05) is 59.1 Å². The number of rotatable bonds is 13. The molecule has 4 aromatic heterocycles. The Balaban J connectivity index is 0.000000144. The fourth-order valence-corrected chi connectivity index (χ4v) is 9.70. The van der Waals surface area contributed by atoms with E-state index in [4.69, 9.17) is 41.5 Å². The Labute approximate surface area is 535 Å². The van der Waals surface area contributed by atoms with E-state index in [1.807, 2.05) is 296 Å². The first kappa shape index (κ1) is 58.5. The average Bonchev–Trinajstić information content (AvgIpc) is 3.32. The quantitative estimate of drug-likeness (QED) is 0.116. The van der Waals surface area contributed by atoms with E-state index in [-0.39, 0.29) is 5.28 Å². The number of benzene rings is 10. The lowest BCUT2D eigenvalue weighted by molar-refractivity contribution is 0.964. The minimum Gasteiger partial charge on any atom is -0.324 e. The number of anilines is 5. The third-order valence-electron chi connectivity index (χ3n) is 13.3. The highest BCUT2D eigenvalue weighted by Gasteiger charge is 2.24. The molecule has 0 unspecified atom stereocenters. The number of nitrogens with one attached hydrogen (secondary N) is 1. The van der Waals surface area contributed by atoms with E-state index < -0.39 is 0 Å². The summed E-state index contributed by atoms with van der Waals surface area (Å²) in [6.45, 7) is 0. The lowest BCUT2D eigenvalue weighted by atomic mass is 10.2. The highest BCUT2D eigenvalue weighted by molar-refractivity contribution is 9.10. The third-order valence-corrected chi connectivity index (χ3v) is 14.6. The average molecular weight is 1310 g/mol. The predicted molar refractivity (Wildman–Crippen MR) is 361 cm³/mol. The third kappa shape index (κ3) is 15.2. The fraction of sp³-hybridized carbons (Fsp3) is 0. The molecule has 0 radical (unpaired) electrons. The lowest BCUT2D eigenvalue weighted by Gasteiger charge is -2.23. The molecule has 1 N–H and O–H groups in total. The maximum absolute atomic E-state index is 5.99. The number of hydrogen-bond acceptors (Lipinski definition) is 14. The Morgan fingerprint density at radius 2 is 0.472 bits per heavy atom. The van der Waals surface area contributed by atoms with E-state index in [1.54, 1.807) is 0 Å². The Morgan fingerprint density at radius 3 is 0.730 bits per heavy atom. The van der Waals surface area contributed by atoms with Crippen molar-refractivity contribution in [1.29, 1.82) is 0 Å². The fourth-order valence-electron chi connectivity index (χ4n) is 9.01. The molecule has 4 heterocycles. The second kappa shape index (κ2) is 28.5. The second-order valence-electron chi connectivity index (χ2n) is 19.5. The van der Waals surface area contributed by atoms with Gasteiger partial charge in [0.25, 0.3) is 0 Å². The summed E-state index contributed by atoms with van der Waals surface area (Å²) < 4.78 is 1.96. The Morgan fingerprint density at radius 1 is 0.247 bits per heavy atom. The lowest BCUT2D eigenvalue weighted by Crippen LogP contribution is -2.19. The van der Waals surface area contributed by atoms with E-state index in [2.05, 4.69) is 67.1 Å². The van der Waals surface area contributed by atoms with Crippen molar-refractivity contribution in [3.63, 3.8) is 0 Å². The maximum Gasteiger partial charge on any atom is 0.241 e. The summed E-state index contributed by atoms with van der Waals surface area (Å²) in [5.41, 5.74) is 8.91. The van der Waals surface area contributed by atoms with Crippen LogP contribution in [0.2, 0.25) is 5.28 Å². The van der Waals surface area contributed by atoms with Crippen LogP contribution in [0.5, 0.6) is 0 Å². The van der Waals surface area contributed by atoms with Crippen molar-refractivity contribution in [2.75, 3.05) is 10.2 Å². The smallest absolute Gasteiger partial charge is 0.241 e. The van der Waals surface area contributed by atoms with E-state index in [1.165, 1.54) is 0 Å². The van der Waals surface area contributed by atoms with E-state index in [0.717, 1.165) is 64.8 Å². The second-order valence-corrected chi connectivity index (χ2v) is 21.7. The zero-order valence-electron chi connectivity index (χ0n) is 47.2. The van der Waals surface area contributed by atoms with Crippen LogP contribution in [-0.2, 0) is 0 Å². The van der Waals surface area contributed by atoms with Gasteiger partial charge in [0.1, 0.15) is 0 Å². The monoisotopic (exact) mass is 1300 g/mol. The maximum atomic E-state index is 5.99. The molecule has 10 aromatic carbocycles. The van der Waals surface area contributed by atoms with Crippen molar-refractivity contribution >= 4 is 72.7 Å². The summed E-state index contributed by atoms with van der Waals surface area (Å²) in [6, 6.07) is 94.6. The zero-order chi connectivity index (χ0) is 60.6. The predicted octanol–water partition coefficient (Wildman–Crippen LogP) is 18.5. The van der Waals surface area contributed by atoms with Gasteiger partial charge in [-0.05, 0) is 60.1 Å². The zero-order valence-corrected chi connectivity index (χ0v) is 51.1. The van der Waals surface area contributed by atoms with Gasteiger partial charge in [-0.1, -0.05) is 275 Å². The summed E-state index contributed by atoms with van der Waals surface area (Å²) >= 11 is 13.0. The van der Waals surface area contributed by atoms with Gasteiger partial charge in [-0.15, -0.1) is 0 Å². The highest BCUT2D eigenvalue weighted by atomic mass is 79.9. The number of halogens is 3. The summed E-state index contributed by atoms with van der Waals surface area (Å²) in [5.74, 6) is 5.87. The SMILES string of the molecule is Brc1ccc(N(c2nc(-c3ccccc3)nc(-c3ccccc3)n2)c2nc(-c3ccccc3)nc(-c3ccccc3)n2)cc1.Brc1ccc(Nc2nc(-c3ccccc3)nc(-c3ccccc3)n2)cc1.Clc1nc(-c2ccccc2)nc(-c2ccccc2)n1. The molecule has 0 bridgehead atoms. The van der Waals surface area contributed by atoms with Crippen LogP contribution >= 0.6 is 43.5 Å². The van der Waals surface area contributed by atoms with Gasteiger partial charge in [-0.25, -0.2) is 24.8 Å². The first-order valence-corrected chi connectivity index (χ1v) is 30.0. The molecule has 0 spiro atoms. The molecular weight excluding hydrogens is 1260 g/mol. The van der Waals surface area contributed by atoms with Gasteiger partial charge in [0.15, 0.2) is 46.6 Å². The first-order valence-electron chi connectivity index (χ1n) is 28.0. The van der Waals surface area contributed by atoms with Gasteiger partial charge < -0.3 is 5.32 Å². The molecule has 0 saturated carbocycles. The van der Waals surface area contributed by atoms with Crippen molar-refractivity contribution in [2.24, 2.45) is 0 Å². The molecule has 89 heavy (non-hydrogen) atoms. The molecule has 14 nitrogen and oxygen atoms in total. The van der Waals surface area contributed by atoms with Crippen molar-refractivity contribution in [2.45, 2.75) is 0 Å². The molecule has 14 aromatic rings. The molecule has 17 heteroatoms. The van der Waals surface area contributed by atoms with Crippen LogP contribution in [0.3, 0.4) is 0 Å². The normalized spacial score (nSPS) is 10.6. The molecule has 428 valence electrons. The minimum atomic E-state index is 0.202. The minimum absolute atomic E-state index is 0.202. The molecule has 0 aliphatic heterocycles. The topological polar surface area (TPSA) is 170 Å². The highest BCUT2D eigenvalue weighted by Crippen LogP contribution is 2.36. The molecule has 0 atom stereocenters. The van der Waals surface area contributed by atoms with E-state index in [9.17, 15) is 0 Å². The summed E-state index contributed by atoms with van der Waals surface area (Å²) in [4.78, 5) is 58.3. The molecule has 0 aliphatic rings. The van der Waals surface area contributed by atoms with Gasteiger partial charge in [-0.2, -0.15) is 39.9 Å². The van der Waals surface area contributed by atoms with E-state index in [0.29, 0.717) is 64.4 Å².